The first-order chi connectivity index (χ1) is 23.2. The minimum atomic E-state index is -1.40. The lowest BCUT2D eigenvalue weighted by Crippen LogP contribution is -2.69. The Balaban J connectivity index is 2.10. The summed E-state index contributed by atoms with van der Waals surface area (Å²) in [6.07, 6.45) is 12.3. The molecule has 2 fully saturated rings. The topological polar surface area (TPSA) is 60.4 Å². The van der Waals surface area contributed by atoms with Crippen molar-refractivity contribution < 1.29 is 19.1 Å². The summed E-state index contributed by atoms with van der Waals surface area (Å²) in [6, 6.07) is 5.88. The van der Waals surface area contributed by atoms with Crippen LogP contribution >= 0.6 is 0 Å². The molecule has 4 rings (SSSR count). The van der Waals surface area contributed by atoms with Crippen LogP contribution in [0.1, 0.15) is 151 Å². The van der Waals surface area contributed by atoms with E-state index in [-0.39, 0.29) is 41.2 Å². The zero-order valence-electron chi connectivity index (χ0n) is 33.6. The molecule has 1 aliphatic heterocycles. The van der Waals surface area contributed by atoms with Gasteiger partial charge in [0.05, 0.1) is 5.41 Å². The molecule has 0 unspecified atom stereocenters. The summed E-state index contributed by atoms with van der Waals surface area (Å²) in [5.41, 5.74) is 3.57. The van der Waals surface area contributed by atoms with Crippen molar-refractivity contribution in [2.75, 3.05) is 0 Å². The quantitative estimate of drug-likeness (QED) is 0.101. The van der Waals surface area contributed by atoms with Crippen LogP contribution in [-0.4, -0.2) is 23.0 Å². The van der Waals surface area contributed by atoms with Gasteiger partial charge in [0.1, 0.15) is 22.3 Å². The standard InChI is InChI=1S/C46H64O4/c1-15-32(10)37-21-18-33(25-34(37)24-31(8)9)39(47)38-40(48)46(23-22-30(6)7)42(49)45(26-35(43(46,11)12)19-16-28(2)3)27-36(20-17-29(4)5)44(13,14)50-41(38)45/h15-18,21-22,25,31,35-36H,19-20,23-24,26-27H2,1-14H3/b32-15+/t35-,36+,45+,46+/m1/s1. The first-order valence-electron chi connectivity index (χ1n) is 18.9. The van der Waals surface area contributed by atoms with Gasteiger partial charge in [-0.15, -0.1) is 0 Å². The summed E-state index contributed by atoms with van der Waals surface area (Å²) < 4.78 is 7.03. The Morgan fingerprint density at radius 2 is 1.42 bits per heavy atom. The molecule has 2 bridgehead atoms. The van der Waals surface area contributed by atoms with Gasteiger partial charge >= 0.3 is 0 Å². The highest BCUT2D eigenvalue weighted by Gasteiger charge is 2.74. The summed E-state index contributed by atoms with van der Waals surface area (Å²) in [4.78, 5) is 46.4. The second-order valence-corrected chi connectivity index (χ2v) is 17.9. The van der Waals surface area contributed by atoms with E-state index >= 15 is 14.4 Å². The maximum absolute atomic E-state index is 15.6. The zero-order chi connectivity index (χ0) is 37.6. The molecule has 272 valence electrons. The molecule has 1 saturated carbocycles. The van der Waals surface area contributed by atoms with Crippen molar-refractivity contribution in [3.05, 3.63) is 87.2 Å². The molecule has 0 aromatic heterocycles. The maximum atomic E-state index is 15.6. The molecule has 2 aliphatic carbocycles. The Morgan fingerprint density at radius 3 is 1.96 bits per heavy atom. The van der Waals surface area contributed by atoms with Gasteiger partial charge in [-0.25, -0.2) is 0 Å². The van der Waals surface area contributed by atoms with E-state index < -0.39 is 21.8 Å². The van der Waals surface area contributed by atoms with Crippen molar-refractivity contribution in [2.24, 2.45) is 34.0 Å². The van der Waals surface area contributed by atoms with E-state index in [9.17, 15) is 0 Å². The monoisotopic (exact) mass is 680 g/mol. The maximum Gasteiger partial charge on any atom is 0.200 e. The number of benzene rings is 1. The molecule has 3 aliphatic rings. The first kappa shape index (κ1) is 39.5. The second kappa shape index (κ2) is 14.4. The molecule has 4 nitrogen and oxygen atoms in total. The van der Waals surface area contributed by atoms with Crippen LogP contribution in [0.2, 0.25) is 0 Å². The molecule has 0 amide bonds. The third-order valence-corrected chi connectivity index (χ3v) is 12.3. The molecular formula is C46H64O4. The number of Topliss-reactive ketones (excluding diaryl/α,β-unsaturated/α-hetero) is 3. The van der Waals surface area contributed by atoms with Crippen LogP contribution in [0, 0.1) is 34.0 Å². The lowest BCUT2D eigenvalue weighted by atomic mass is 9.39. The average molecular weight is 681 g/mol. The van der Waals surface area contributed by atoms with E-state index in [1.807, 2.05) is 45.0 Å². The van der Waals surface area contributed by atoms with Crippen LogP contribution in [0.4, 0.5) is 0 Å². The SMILES string of the molecule is C/C=C(\C)c1ccc(C(=O)C2=C3OC(C)(C)[C@@H](CC=C(C)C)C[C@@]34C[C@@H](CC=C(C)C)C(C)(C)[C@@](CC=C(C)C)(C2=O)C4=O)cc1CC(C)C. The van der Waals surface area contributed by atoms with E-state index in [0.29, 0.717) is 30.1 Å². The number of fused-ring (bicyclic) bond motifs is 1. The van der Waals surface area contributed by atoms with Crippen LogP contribution < -0.4 is 0 Å². The molecule has 1 aromatic carbocycles. The minimum Gasteiger partial charge on any atom is -0.490 e. The smallest absolute Gasteiger partial charge is 0.200 e. The average Bonchev–Trinajstić information content (AvgIpc) is 3.01. The van der Waals surface area contributed by atoms with Crippen molar-refractivity contribution in [1.82, 2.24) is 0 Å². The molecule has 4 heteroatoms. The van der Waals surface area contributed by atoms with E-state index in [2.05, 4.69) is 94.4 Å². The van der Waals surface area contributed by atoms with Crippen molar-refractivity contribution >= 4 is 22.9 Å². The number of ether oxygens (including phenoxy) is 1. The predicted molar refractivity (Wildman–Crippen MR) is 208 cm³/mol. The van der Waals surface area contributed by atoms with E-state index in [1.165, 1.54) is 11.1 Å². The van der Waals surface area contributed by atoms with Gasteiger partial charge in [-0.3, -0.25) is 14.4 Å². The highest BCUT2D eigenvalue weighted by molar-refractivity contribution is 6.35. The van der Waals surface area contributed by atoms with E-state index in [1.54, 1.807) is 0 Å². The summed E-state index contributed by atoms with van der Waals surface area (Å²) in [6.45, 7) is 29.2. The normalized spacial score (nSPS) is 27.0. The van der Waals surface area contributed by atoms with Crippen molar-refractivity contribution in [3.63, 3.8) is 0 Å². The Hall–Kier alpha value is -3.27. The molecule has 0 N–H and O–H groups in total. The van der Waals surface area contributed by atoms with Gasteiger partial charge in [0.2, 0.25) is 0 Å². The van der Waals surface area contributed by atoms with Gasteiger partial charge in [0, 0.05) is 11.5 Å². The van der Waals surface area contributed by atoms with E-state index in [4.69, 9.17) is 4.74 Å². The number of ketones is 3. The molecule has 0 radical (unpaired) electrons. The van der Waals surface area contributed by atoms with Crippen LogP contribution in [0.15, 0.2) is 70.6 Å². The predicted octanol–water partition coefficient (Wildman–Crippen LogP) is 11.8. The first-order valence-corrected chi connectivity index (χ1v) is 18.9. The fourth-order valence-electron chi connectivity index (χ4n) is 8.94. The third-order valence-electron chi connectivity index (χ3n) is 12.3. The Bertz CT molecular complexity index is 1690. The number of carbonyl (C=O) groups is 3. The van der Waals surface area contributed by atoms with Gasteiger partial charge in [0.25, 0.3) is 0 Å². The zero-order valence-corrected chi connectivity index (χ0v) is 33.6. The van der Waals surface area contributed by atoms with Crippen molar-refractivity contribution in [3.8, 4) is 0 Å². The number of hydrogen-bond acceptors (Lipinski definition) is 4. The van der Waals surface area contributed by atoms with Gasteiger partial charge in [0.15, 0.2) is 17.3 Å². The van der Waals surface area contributed by atoms with Crippen LogP contribution in [0.3, 0.4) is 0 Å². The van der Waals surface area contributed by atoms with Crippen LogP contribution in [0.5, 0.6) is 0 Å². The summed E-state index contributed by atoms with van der Waals surface area (Å²) in [5.74, 6) is 0.0481. The Kier molecular flexibility index (Phi) is 11.4. The fourth-order valence-corrected chi connectivity index (χ4v) is 8.94. The van der Waals surface area contributed by atoms with Crippen LogP contribution in [-0.2, 0) is 20.7 Å². The Morgan fingerprint density at radius 1 is 0.860 bits per heavy atom. The fraction of sp³-hybridized carbons (Fsp3) is 0.587. The number of carbonyl (C=O) groups excluding carboxylic acids is 3. The molecule has 1 saturated heterocycles. The summed E-state index contributed by atoms with van der Waals surface area (Å²) >= 11 is 0. The lowest BCUT2D eigenvalue weighted by Gasteiger charge is -2.64. The summed E-state index contributed by atoms with van der Waals surface area (Å²) in [7, 11) is 0. The molecule has 4 atom stereocenters. The van der Waals surface area contributed by atoms with Gasteiger partial charge in [-0.1, -0.05) is 80.9 Å². The van der Waals surface area contributed by atoms with Crippen LogP contribution in [0.25, 0.3) is 5.57 Å². The minimum absolute atomic E-state index is 0.0295. The van der Waals surface area contributed by atoms with Crippen molar-refractivity contribution in [2.45, 2.75) is 141 Å². The molecule has 50 heavy (non-hydrogen) atoms. The molecule has 1 spiro atoms. The van der Waals surface area contributed by atoms with Gasteiger partial charge in [-0.2, -0.15) is 0 Å². The molecule has 1 heterocycles. The molecule has 1 aromatic rings. The largest absolute Gasteiger partial charge is 0.490 e. The summed E-state index contributed by atoms with van der Waals surface area (Å²) in [5, 5.41) is 0. The number of rotatable bonds is 11. The van der Waals surface area contributed by atoms with E-state index in [0.717, 1.165) is 41.5 Å². The van der Waals surface area contributed by atoms with Gasteiger partial charge in [-0.05, 0) is 148 Å². The Labute approximate surface area is 303 Å². The molecular weight excluding hydrogens is 617 g/mol. The second-order valence-electron chi connectivity index (χ2n) is 17.9. The van der Waals surface area contributed by atoms with Crippen molar-refractivity contribution in [1.29, 1.82) is 0 Å². The third kappa shape index (κ3) is 6.85. The van der Waals surface area contributed by atoms with Gasteiger partial charge < -0.3 is 4.74 Å². The lowest BCUT2D eigenvalue weighted by molar-refractivity contribution is -0.188. The number of allylic oxidation sites excluding steroid dienone is 10. The highest BCUT2D eigenvalue weighted by atomic mass is 16.5. The highest BCUT2D eigenvalue weighted by Crippen LogP contribution is 2.69. The number of hydrogen-bond donors (Lipinski definition) is 0.